The molecule has 2 aliphatic heterocycles. The Balaban J connectivity index is 1.93. The highest BCUT2D eigenvalue weighted by Crippen LogP contribution is 2.26. The van der Waals surface area contributed by atoms with Crippen molar-refractivity contribution in [1.82, 2.24) is 10.2 Å². The van der Waals surface area contributed by atoms with Crippen LogP contribution in [0.5, 0.6) is 0 Å². The third-order valence-corrected chi connectivity index (χ3v) is 4.80. The Labute approximate surface area is 119 Å². The summed E-state index contributed by atoms with van der Waals surface area (Å²) in [4.78, 5) is 2.73. The monoisotopic (exact) mass is 268 g/mol. The third kappa shape index (κ3) is 4.17. The van der Waals surface area contributed by atoms with Crippen molar-refractivity contribution >= 4 is 0 Å². The fraction of sp³-hybridized carbons (Fsp3) is 1.00. The number of nitrogens with zero attached hydrogens (tertiary/aromatic N) is 1. The molecule has 3 heteroatoms. The van der Waals surface area contributed by atoms with E-state index < -0.39 is 0 Å². The molecule has 0 radical (unpaired) electrons. The van der Waals surface area contributed by atoms with Gasteiger partial charge in [0.15, 0.2) is 0 Å². The average Bonchev–Trinajstić information content (AvgIpc) is 2.39. The quantitative estimate of drug-likeness (QED) is 0.851. The van der Waals surface area contributed by atoms with Gasteiger partial charge in [-0.1, -0.05) is 27.7 Å². The molecular formula is C16H32N2O. The van der Waals surface area contributed by atoms with E-state index in [4.69, 9.17) is 4.74 Å². The van der Waals surface area contributed by atoms with Gasteiger partial charge in [-0.3, -0.25) is 4.90 Å². The van der Waals surface area contributed by atoms with Gasteiger partial charge in [0, 0.05) is 38.3 Å². The minimum absolute atomic E-state index is 0.347. The zero-order valence-corrected chi connectivity index (χ0v) is 13.2. The van der Waals surface area contributed by atoms with Gasteiger partial charge in [0.2, 0.25) is 0 Å². The normalized spacial score (nSPS) is 34.4. The first-order valence-corrected chi connectivity index (χ1v) is 8.06. The van der Waals surface area contributed by atoms with Crippen molar-refractivity contribution in [2.75, 3.05) is 32.8 Å². The Morgan fingerprint density at radius 2 is 2.11 bits per heavy atom. The van der Waals surface area contributed by atoms with Crippen LogP contribution < -0.4 is 5.32 Å². The Bertz CT molecular complexity index is 268. The van der Waals surface area contributed by atoms with E-state index >= 15 is 0 Å². The van der Waals surface area contributed by atoms with Gasteiger partial charge in [-0.2, -0.15) is 0 Å². The summed E-state index contributed by atoms with van der Waals surface area (Å²) in [5.41, 5.74) is 0.347. The maximum atomic E-state index is 5.64. The standard InChI is InChI=1S/C16H32N2O/c1-5-14-9-17-15(16(2,3)4)11-18(14)10-13-7-6-8-19-12-13/h13-15,17H,5-12H2,1-4H3. The van der Waals surface area contributed by atoms with Crippen LogP contribution in [0.3, 0.4) is 0 Å². The fourth-order valence-corrected chi connectivity index (χ4v) is 3.34. The molecule has 2 rings (SSSR count). The molecule has 2 saturated heterocycles. The first kappa shape index (κ1) is 15.3. The Morgan fingerprint density at radius 3 is 2.68 bits per heavy atom. The van der Waals surface area contributed by atoms with E-state index in [0.29, 0.717) is 17.5 Å². The van der Waals surface area contributed by atoms with Crippen LogP contribution in [-0.4, -0.2) is 49.8 Å². The van der Waals surface area contributed by atoms with E-state index in [9.17, 15) is 0 Å². The zero-order chi connectivity index (χ0) is 13.9. The van der Waals surface area contributed by atoms with E-state index in [1.807, 2.05) is 0 Å². The molecule has 0 spiro atoms. The molecule has 112 valence electrons. The van der Waals surface area contributed by atoms with Crippen LogP contribution in [0.2, 0.25) is 0 Å². The number of hydrogen-bond donors (Lipinski definition) is 1. The van der Waals surface area contributed by atoms with Gasteiger partial charge in [0.1, 0.15) is 0 Å². The summed E-state index contributed by atoms with van der Waals surface area (Å²) in [7, 11) is 0. The highest BCUT2D eigenvalue weighted by molar-refractivity contribution is 4.92. The molecule has 0 aliphatic carbocycles. The number of piperazine rings is 1. The molecule has 3 atom stereocenters. The van der Waals surface area contributed by atoms with Crippen LogP contribution in [-0.2, 0) is 4.74 Å². The predicted octanol–water partition coefficient (Wildman–Crippen LogP) is 2.51. The fourth-order valence-electron chi connectivity index (χ4n) is 3.34. The Hall–Kier alpha value is -0.120. The van der Waals surface area contributed by atoms with Crippen molar-refractivity contribution < 1.29 is 4.74 Å². The molecular weight excluding hydrogens is 236 g/mol. The lowest BCUT2D eigenvalue weighted by molar-refractivity contribution is 0.0129. The van der Waals surface area contributed by atoms with Crippen molar-refractivity contribution in [3.8, 4) is 0 Å². The van der Waals surface area contributed by atoms with Crippen molar-refractivity contribution in [3.05, 3.63) is 0 Å². The van der Waals surface area contributed by atoms with Gasteiger partial charge in [0.25, 0.3) is 0 Å². The van der Waals surface area contributed by atoms with E-state index in [1.165, 1.54) is 32.4 Å². The summed E-state index contributed by atoms with van der Waals surface area (Å²) >= 11 is 0. The van der Waals surface area contributed by atoms with Crippen molar-refractivity contribution in [1.29, 1.82) is 0 Å². The lowest BCUT2D eigenvalue weighted by Crippen LogP contribution is -2.61. The van der Waals surface area contributed by atoms with Crippen LogP contribution in [0.25, 0.3) is 0 Å². The second kappa shape index (κ2) is 6.55. The lowest BCUT2D eigenvalue weighted by Gasteiger charge is -2.46. The van der Waals surface area contributed by atoms with Crippen molar-refractivity contribution in [3.63, 3.8) is 0 Å². The number of nitrogens with one attached hydrogen (secondary N) is 1. The molecule has 2 aliphatic rings. The van der Waals surface area contributed by atoms with Crippen LogP contribution in [0.4, 0.5) is 0 Å². The molecule has 1 N–H and O–H groups in total. The summed E-state index contributed by atoms with van der Waals surface area (Å²) in [6.45, 7) is 14.9. The van der Waals surface area contributed by atoms with E-state index in [-0.39, 0.29) is 0 Å². The number of hydrogen-bond acceptors (Lipinski definition) is 3. The average molecular weight is 268 g/mol. The highest BCUT2D eigenvalue weighted by Gasteiger charge is 2.34. The number of rotatable bonds is 3. The predicted molar refractivity (Wildman–Crippen MR) is 80.4 cm³/mol. The van der Waals surface area contributed by atoms with E-state index in [1.54, 1.807) is 0 Å². The van der Waals surface area contributed by atoms with E-state index in [2.05, 4.69) is 37.9 Å². The molecule has 0 aromatic rings. The Morgan fingerprint density at radius 1 is 1.32 bits per heavy atom. The molecule has 0 saturated carbocycles. The molecule has 3 nitrogen and oxygen atoms in total. The topological polar surface area (TPSA) is 24.5 Å². The molecule has 0 bridgehead atoms. The van der Waals surface area contributed by atoms with Gasteiger partial charge < -0.3 is 10.1 Å². The van der Waals surface area contributed by atoms with Crippen molar-refractivity contribution in [2.45, 2.75) is 59.0 Å². The second-order valence-corrected chi connectivity index (χ2v) is 7.43. The van der Waals surface area contributed by atoms with Crippen LogP contribution in [0.1, 0.15) is 47.0 Å². The highest BCUT2D eigenvalue weighted by atomic mass is 16.5. The smallest absolute Gasteiger partial charge is 0.0506 e. The lowest BCUT2D eigenvalue weighted by atomic mass is 9.84. The molecule has 2 fully saturated rings. The van der Waals surface area contributed by atoms with Gasteiger partial charge in [-0.25, -0.2) is 0 Å². The third-order valence-electron chi connectivity index (χ3n) is 4.80. The van der Waals surface area contributed by atoms with Crippen LogP contribution >= 0.6 is 0 Å². The SMILES string of the molecule is CCC1CNC(C(C)(C)C)CN1CC1CCCOC1. The minimum Gasteiger partial charge on any atom is -0.381 e. The van der Waals surface area contributed by atoms with E-state index in [0.717, 1.165) is 25.7 Å². The molecule has 19 heavy (non-hydrogen) atoms. The zero-order valence-electron chi connectivity index (χ0n) is 13.2. The Kier molecular flexibility index (Phi) is 5.27. The van der Waals surface area contributed by atoms with Crippen LogP contribution in [0.15, 0.2) is 0 Å². The molecule has 0 aromatic heterocycles. The summed E-state index contributed by atoms with van der Waals surface area (Å²) in [5, 5.41) is 3.75. The minimum atomic E-state index is 0.347. The summed E-state index contributed by atoms with van der Waals surface area (Å²) < 4.78 is 5.64. The molecule has 0 amide bonds. The summed E-state index contributed by atoms with van der Waals surface area (Å²) in [5.74, 6) is 0.751. The molecule has 0 aromatic carbocycles. The maximum absolute atomic E-state index is 5.64. The van der Waals surface area contributed by atoms with Gasteiger partial charge >= 0.3 is 0 Å². The van der Waals surface area contributed by atoms with Crippen LogP contribution in [0, 0.1) is 11.3 Å². The molecule has 3 unspecified atom stereocenters. The largest absolute Gasteiger partial charge is 0.381 e. The second-order valence-electron chi connectivity index (χ2n) is 7.43. The first-order chi connectivity index (χ1) is 9.00. The summed E-state index contributed by atoms with van der Waals surface area (Å²) in [6, 6.07) is 1.32. The van der Waals surface area contributed by atoms with Gasteiger partial charge in [0.05, 0.1) is 6.61 Å². The maximum Gasteiger partial charge on any atom is 0.0506 e. The molecule has 2 heterocycles. The summed E-state index contributed by atoms with van der Waals surface area (Å²) in [6.07, 6.45) is 3.84. The number of ether oxygens (including phenoxy) is 1. The first-order valence-electron chi connectivity index (χ1n) is 8.06. The van der Waals surface area contributed by atoms with Crippen molar-refractivity contribution in [2.24, 2.45) is 11.3 Å². The van der Waals surface area contributed by atoms with Gasteiger partial charge in [-0.05, 0) is 30.6 Å². The van der Waals surface area contributed by atoms with Gasteiger partial charge in [-0.15, -0.1) is 0 Å².